The molecule has 0 saturated heterocycles. The van der Waals surface area contributed by atoms with Crippen LogP contribution >= 0.6 is 34.8 Å². The van der Waals surface area contributed by atoms with Crippen LogP contribution in [0.4, 0.5) is 5.69 Å². The quantitative estimate of drug-likeness (QED) is 0.135. The van der Waals surface area contributed by atoms with Gasteiger partial charge in [-0.05, 0) is 90.8 Å². The van der Waals surface area contributed by atoms with Crippen molar-refractivity contribution in [3.05, 3.63) is 128 Å². The minimum atomic E-state index is -4.18. The van der Waals surface area contributed by atoms with Gasteiger partial charge < -0.3 is 10.6 Å². The fraction of sp³-hybridized carbons (Fsp3) is 0.222. The molecule has 0 spiro atoms. The van der Waals surface area contributed by atoms with E-state index >= 15 is 0 Å². The van der Waals surface area contributed by atoms with Gasteiger partial charge in [0.2, 0.25) is 5.91 Å². The Bertz CT molecular complexity index is 1910. The number of halogens is 3. The Hall–Kier alpha value is -3.66. The van der Waals surface area contributed by atoms with Gasteiger partial charge in [0.05, 0.1) is 16.7 Å². The predicted octanol–water partition coefficient (Wildman–Crippen LogP) is 8.85. The van der Waals surface area contributed by atoms with Crippen LogP contribution in [-0.4, -0.2) is 37.1 Å². The molecular weight excluding hydrogens is 679 g/mol. The summed E-state index contributed by atoms with van der Waals surface area (Å²) in [5.41, 5.74) is 6.42. The van der Waals surface area contributed by atoms with Gasteiger partial charge in [0, 0.05) is 39.0 Å². The molecule has 1 unspecified atom stereocenters. The lowest BCUT2D eigenvalue weighted by atomic mass is 9.88. The number of hydrogen-bond acceptors (Lipinski definition) is 4. The van der Waals surface area contributed by atoms with Crippen LogP contribution < -0.4 is 10.6 Å². The van der Waals surface area contributed by atoms with E-state index < -0.39 is 27.7 Å². The number of rotatable bonds is 11. The number of carbonyl (C=O) groups excluding carboxylic acids is 2. The van der Waals surface area contributed by atoms with E-state index in [0.717, 1.165) is 35.1 Å². The molecule has 0 fully saturated rings. The van der Waals surface area contributed by atoms with Gasteiger partial charge in [-0.25, -0.2) is 0 Å². The van der Waals surface area contributed by atoms with Gasteiger partial charge in [0.1, 0.15) is 0 Å². The summed E-state index contributed by atoms with van der Waals surface area (Å²) in [6.07, 6.45) is 7.11. The summed E-state index contributed by atoms with van der Waals surface area (Å²) in [5.74, 6) is -1.84. The third kappa shape index (κ3) is 9.46. The Morgan fingerprint density at radius 2 is 1.51 bits per heavy atom. The van der Waals surface area contributed by atoms with E-state index in [1.165, 1.54) is 18.4 Å². The third-order valence-corrected chi connectivity index (χ3v) is 9.63. The van der Waals surface area contributed by atoms with Gasteiger partial charge in [-0.1, -0.05) is 89.4 Å². The molecule has 4 aromatic carbocycles. The summed E-state index contributed by atoms with van der Waals surface area (Å²) in [5, 5.41) is 6.89. The molecule has 0 heterocycles. The summed E-state index contributed by atoms with van der Waals surface area (Å²) >= 11 is 19.1. The first-order valence-corrected chi connectivity index (χ1v) is 17.9. The molecule has 2 amide bonds. The molecule has 0 aromatic heterocycles. The lowest BCUT2D eigenvalue weighted by molar-refractivity contribution is -0.117. The molecular formula is C36H33Cl3N2O5S. The number of anilines is 1. The lowest BCUT2D eigenvalue weighted by Gasteiger charge is -2.20. The van der Waals surface area contributed by atoms with Gasteiger partial charge in [-0.15, -0.1) is 0 Å². The molecule has 0 bridgehead atoms. The fourth-order valence-corrected chi connectivity index (χ4v) is 6.72. The van der Waals surface area contributed by atoms with Crippen molar-refractivity contribution < 1.29 is 22.6 Å². The van der Waals surface area contributed by atoms with Crippen molar-refractivity contribution in [1.82, 2.24) is 5.32 Å². The Balaban J connectivity index is 1.36. The second-order valence-electron chi connectivity index (χ2n) is 11.4. The molecule has 7 nitrogen and oxygen atoms in total. The Morgan fingerprint density at radius 3 is 2.13 bits per heavy atom. The standard InChI is InChI=1S/C36H33Cl3N2O5S/c37-28-14-16-30(33(38)21-28)31-17-15-29(22-34(31)39)41-36(43)32(26-12-10-25(11-13-26)24-4-2-1-3-5-24)20-23-6-8-27(9-7-23)35(42)40-18-19-47(44,45)46/h4,6-17,21-22,32H,1-3,5,18-20H2,(H,40,42)(H,41,43)(H,44,45,46). The third-order valence-electron chi connectivity index (χ3n) is 8.05. The number of amides is 2. The maximum absolute atomic E-state index is 13.9. The van der Waals surface area contributed by atoms with Crippen LogP contribution in [0, 0.1) is 0 Å². The fourth-order valence-electron chi connectivity index (χ4n) is 5.56. The molecule has 0 saturated carbocycles. The molecule has 0 aliphatic heterocycles. The SMILES string of the molecule is O=C(NCCS(=O)(=O)O)c1ccc(CC(C(=O)Nc2ccc(-c3ccc(Cl)cc3Cl)c(Cl)c2)c2ccc(C3=CCCCC3)cc2)cc1. The van der Waals surface area contributed by atoms with Crippen LogP contribution in [0.25, 0.3) is 16.7 Å². The minimum Gasteiger partial charge on any atom is -0.351 e. The van der Waals surface area contributed by atoms with Crippen LogP contribution in [0.3, 0.4) is 0 Å². The Labute approximate surface area is 289 Å². The van der Waals surface area contributed by atoms with Crippen molar-refractivity contribution >= 4 is 68.0 Å². The van der Waals surface area contributed by atoms with Gasteiger partial charge in [0.15, 0.2) is 0 Å². The van der Waals surface area contributed by atoms with E-state index in [0.29, 0.717) is 38.3 Å². The summed E-state index contributed by atoms with van der Waals surface area (Å²) in [7, 11) is -4.18. The zero-order chi connectivity index (χ0) is 33.6. The average molecular weight is 712 g/mol. The van der Waals surface area contributed by atoms with Gasteiger partial charge in [-0.3, -0.25) is 14.1 Å². The van der Waals surface area contributed by atoms with Crippen molar-refractivity contribution in [3.8, 4) is 11.1 Å². The Morgan fingerprint density at radius 1 is 0.830 bits per heavy atom. The van der Waals surface area contributed by atoms with E-state index in [2.05, 4.69) is 28.8 Å². The average Bonchev–Trinajstić information content (AvgIpc) is 3.04. The van der Waals surface area contributed by atoms with Crippen LogP contribution in [0.2, 0.25) is 15.1 Å². The summed E-state index contributed by atoms with van der Waals surface area (Å²) < 4.78 is 30.8. The van der Waals surface area contributed by atoms with E-state index in [-0.39, 0.29) is 12.5 Å². The maximum Gasteiger partial charge on any atom is 0.266 e. The molecule has 1 atom stereocenters. The van der Waals surface area contributed by atoms with Crippen molar-refractivity contribution in [1.29, 1.82) is 0 Å². The van der Waals surface area contributed by atoms with Crippen molar-refractivity contribution in [3.63, 3.8) is 0 Å². The molecule has 3 N–H and O–H groups in total. The molecule has 0 radical (unpaired) electrons. The molecule has 5 rings (SSSR count). The number of carbonyl (C=O) groups is 2. The lowest BCUT2D eigenvalue weighted by Crippen LogP contribution is -2.28. The first kappa shape index (κ1) is 34.7. The van der Waals surface area contributed by atoms with E-state index in [9.17, 15) is 18.0 Å². The molecule has 1 aliphatic rings. The number of hydrogen-bond donors (Lipinski definition) is 3. The highest BCUT2D eigenvalue weighted by Gasteiger charge is 2.23. The summed E-state index contributed by atoms with van der Waals surface area (Å²) in [6.45, 7) is -0.216. The maximum atomic E-state index is 13.9. The molecule has 11 heteroatoms. The number of nitrogens with one attached hydrogen (secondary N) is 2. The van der Waals surface area contributed by atoms with Crippen LogP contribution in [0.5, 0.6) is 0 Å². The first-order valence-electron chi connectivity index (χ1n) is 15.1. The van der Waals surface area contributed by atoms with E-state index in [4.69, 9.17) is 39.4 Å². The molecule has 244 valence electrons. The van der Waals surface area contributed by atoms with Crippen molar-refractivity contribution in [2.24, 2.45) is 0 Å². The first-order chi connectivity index (χ1) is 22.5. The topological polar surface area (TPSA) is 113 Å². The monoisotopic (exact) mass is 710 g/mol. The normalized spacial score (nSPS) is 13.8. The van der Waals surface area contributed by atoms with Crippen LogP contribution in [-0.2, 0) is 21.3 Å². The number of benzene rings is 4. The smallest absolute Gasteiger partial charge is 0.266 e. The van der Waals surface area contributed by atoms with E-state index in [1.807, 2.05) is 12.1 Å². The number of allylic oxidation sites excluding steroid dienone is 2. The van der Waals surface area contributed by atoms with Crippen molar-refractivity contribution in [2.75, 3.05) is 17.6 Å². The van der Waals surface area contributed by atoms with Crippen LogP contribution in [0.15, 0.2) is 91.0 Å². The Kier molecular flexibility index (Phi) is 11.4. The second kappa shape index (κ2) is 15.5. The zero-order valence-electron chi connectivity index (χ0n) is 25.3. The minimum absolute atomic E-state index is 0.216. The van der Waals surface area contributed by atoms with Gasteiger partial charge >= 0.3 is 0 Å². The summed E-state index contributed by atoms with van der Waals surface area (Å²) in [4.78, 5) is 26.4. The largest absolute Gasteiger partial charge is 0.351 e. The molecule has 4 aromatic rings. The van der Waals surface area contributed by atoms with E-state index in [1.54, 1.807) is 60.7 Å². The zero-order valence-corrected chi connectivity index (χ0v) is 28.4. The highest BCUT2D eigenvalue weighted by atomic mass is 35.5. The molecule has 1 aliphatic carbocycles. The van der Waals surface area contributed by atoms with Gasteiger partial charge in [0.25, 0.3) is 16.0 Å². The molecule has 47 heavy (non-hydrogen) atoms. The predicted molar refractivity (Wildman–Crippen MR) is 190 cm³/mol. The second-order valence-corrected chi connectivity index (χ2v) is 14.2. The van der Waals surface area contributed by atoms with Gasteiger partial charge in [-0.2, -0.15) is 8.42 Å². The highest BCUT2D eigenvalue weighted by molar-refractivity contribution is 7.85. The van der Waals surface area contributed by atoms with Crippen molar-refractivity contribution in [2.45, 2.75) is 38.0 Å². The van der Waals surface area contributed by atoms with Crippen LogP contribution in [0.1, 0.15) is 58.6 Å². The summed E-state index contributed by atoms with van der Waals surface area (Å²) in [6, 6.07) is 25.3. The highest BCUT2D eigenvalue weighted by Crippen LogP contribution is 2.37.